The van der Waals surface area contributed by atoms with Gasteiger partial charge in [-0.3, -0.25) is 4.90 Å². The summed E-state index contributed by atoms with van der Waals surface area (Å²) >= 11 is 0. The molecule has 148 valence electrons. The van der Waals surface area contributed by atoms with Crippen LogP contribution in [0.1, 0.15) is 29.0 Å². The van der Waals surface area contributed by atoms with Crippen LogP contribution in [-0.4, -0.2) is 48.1 Å². The lowest BCUT2D eigenvalue weighted by atomic mass is 9.98. The standard InChI is InChI=1S/C19H27N3O4S/c1-13-19(14(2)26-21-13)27(23)20-7-5-8-22-9-6-15-10-17(24-3)18(25-4)11-16(15)12-22/h10-11,20H,5-9,12H2,1-4H3. The van der Waals surface area contributed by atoms with Crippen LogP contribution in [0.2, 0.25) is 0 Å². The number of ether oxygens (including phenoxy) is 2. The molecule has 0 spiro atoms. The summed E-state index contributed by atoms with van der Waals surface area (Å²) in [7, 11) is 2.05. The van der Waals surface area contributed by atoms with Gasteiger partial charge in [0.15, 0.2) is 17.3 Å². The number of nitrogens with zero attached hydrogens (tertiary/aromatic N) is 2. The molecule has 1 aliphatic rings. The zero-order valence-electron chi connectivity index (χ0n) is 16.3. The minimum atomic E-state index is -1.28. The van der Waals surface area contributed by atoms with E-state index in [1.165, 1.54) is 11.1 Å². The number of methoxy groups -OCH3 is 2. The zero-order chi connectivity index (χ0) is 19.4. The van der Waals surface area contributed by atoms with Gasteiger partial charge in [-0.25, -0.2) is 8.93 Å². The Balaban J connectivity index is 1.50. The van der Waals surface area contributed by atoms with Gasteiger partial charge in [-0.1, -0.05) is 5.16 Å². The quantitative estimate of drug-likeness (QED) is 0.694. The fourth-order valence-corrected chi connectivity index (χ4v) is 4.49. The van der Waals surface area contributed by atoms with Crippen LogP contribution in [0.4, 0.5) is 0 Å². The molecule has 1 N–H and O–H groups in total. The summed E-state index contributed by atoms with van der Waals surface area (Å²) in [5.41, 5.74) is 3.28. The largest absolute Gasteiger partial charge is 0.493 e. The van der Waals surface area contributed by atoms with E-state index < -0.39 is 11.0 Å². The third-order valence-electron chi connectivity index (χ3n) is 4.83. The highest BCUT2D eigenvalue weighted by atomic mass is 32.2. The Hall–Kier alpha value is -1.90. The van der Waals surface area contributed by atoms with Crippen LogP contribution in [0.5, 0.6) is 11.5 Å². The Kier molecular flexibility index (Phi) is 6.51. The van der Waals surface area contributed by atoms with Gasteiger partial charge in [0.05, 0.1) is 19.9 Å². The molecule has 3 rings (SSSR count). The van der Waals surface area contributed by atoms with E-state index in [4.69, 9.17) is 14.0 Å². The summed E-state index contributed by atoms with van der Waals surface area (Å²) in [4.78, 5) is 3.07. The molecule has 0 fully saturated rings. The van der Waals surface area contributed by atoms with Crippen LogP contribution in [0.15, 0.2) is 21.6 Å². The molecule has 0 bridgehead atoms. The molecule has 7 nitrogen and oxygen atoms in total. The maximum atomic E-state index is 12.4. The van der Waals surface area contributed by atoms with Gasteiger partial charge < -0.3 is 14.0 Å². The van der Waals surface area contributed by atoms with Crippen molar-refractivity contribution in [1.29, 1.82) is 0 Å². The summed E-state index contributed by atoms with van der Waals surface area (Å²) in [6.45, 7) is 7.10. The normalized spacial score (nSPS) is 15.4. The maximum Gasteiger partial charge on any atom is 0.161 e. The van der Waals surface area contributed by atoms with E-state index in [2.05, 4.69) is 26.9 Å². The lowest BCUT2D eigenvalue weighted by molar-refractivity contribution is 0.250. The summed E-state index contributed by atoms with van der Waals surface area (Å²) in [5, 5.41) is 3.85. The molecular formula is C19H27N3O4S. The first-order valence-electron chi connectivity index (χ1n) is 9.07. The van der Waals surface area contributed by atoms with E-state index in [1.54, 1.807) is 28.1 Å². The van der Waals surface area contributed by atoms with Crippen molar-refractivity contribution >= 4 is 11.0 Å². The van der Waals surface area contributed by atoms with E-state index in [1.807, 2.05) is 0 Å². The summed E-state index contributed by atoms with van der Waals surface area (Å²) in [6.07, 6.45) is 1.91. The van der Waals surface area contributed by atoms with Gasteiger partial charge in [0.25, 0.3) is 0 Å². The smallest absolute Gasteiger partial charge is 0.161 e. The minimum Gasteiger partial charge on any atom is -0.493 e. The molecule has 2 aromatic rings. The first kappa shape index (κ1) is 19.9. The zero-order valence-corrected chi connectivity index (χ0v) is 17.1. The molecule has 0 radical (unpaired) electrons. The van der Waals surface area contributed by atoms with Crippen molar-refractivity contribution in [2.24, 2.45) is 0 Å². The van der Waals surface area contributed by atoms with Gasteiger partial charge in [0.2, 0.25) is 0 Å². The Bertz CT molecular complexity index is 802. The van der Waals surface area contributed by atoms with Crippen molar-refractivity contribution in [2.75, 3.05) is 33.9 Å². The lowest BCUT2D eigenvalue weighted by Crippen LogP contribution is -2.33. The van der Waals surface area contributed by atoms with Crippen molar-refractivity contribution in [3.63, 3.8) is 0 Å². The second-order valence-corrected chi connectivity index (χ2v) is 7.91. The first-order chi connectivity index (χ1) is 13.0. The Morgan fingerprint density at radius 2 is 1.93 bits per heavy atom. The molecule has 8 heteroatoms. The topological polar surface area (TPSA) is 76.8 Å². The molecule has 1 aromatic carbocycles. The highest BCUT2D eigenvalue weighted by Gasteiger charge is 2.20. The molecule has 27 heavy (non-hydrogen) atoms. The number of rotatable bonds is 8. The van der Waals surface area contributed by atoms with Gasteiger partial charge in [0.1, 0.15) is 15.9 Å². The monoisotopic (exact) mass is 393 g/mol. The summed E-state index contributed by atoms with van der Waals surface area (Å²) < 4.78 is 31.3. The third-order valence-corrected chi connectivity index (χ3v) is 6.25. The molecule has 1 aliphatic heterocycles. The second kappa shape index (κ2) is 8.86. The first-order valence-corrected chi connectivity index (χ1v) is 10.2. The van der Waals surface area contributed by atoms with Crippen LogP contribution < -0.4 is 14.2 Å². The number of fused-ring (bicyclic) bond motifs is 1. The molecule has 1 unspecified atom stereocenters. The molecule has 1 aromatic heterocycles. The number of hydrogen-bond acceptors (Lipinski definition) is 6. The van der Waals surface area contributed by atoms with E-state index in [0.717, 1.165) is 44.0 Å². The molecule has 0 saturated heterocycles. The summed E-state index contributed by atoms with van der Waals surface area (Å²) in [5.74, 6) is 2.17. The fraction of sp³-hybridized carbons (Fsp3) is 0.526. The molecule has 0 saturated carbocycles. The second-order valence-electron chi connectivity index (χ2n) is 6.67. The Morgan fingerprint density at radius 1 is 1.22 bits per heavy atom. The SMILES string of the molecule is COc1cc2c(cc1OC)CN(CCCNS(=O)c1c(C)noc1C)CC2. The van der Waals surface area contributed by atoms with Gasteiger partial charge in [-0.05, 0) is 56.5 Å². The van der Waals surface area contributed by atoms with Crippen molar-refractivity contribution < 1.29 is 18.2 Å². The van der Waals surface area contributed by atoms with Crippen molar-refractivity contribution in [3.05, 3.63) is 34.7 Å². The minimum absolute atomic E-state index is 0.607. The average Bonchev–Trinajstić information content (AvgIpc) is 3.02. The third kappa shape index (κ3) is 4.51. The molecular weight excluding hydrogens is 366 g/mol. The van der Waals surface area contributed by atoms with Crippen molar-refractivity contribution in [1.82, 2.24) is 14.8 Å². The van der Waals surface area contributed by atoms with Gasteiger partial charge in [-0.15, -0.1) is 0 Å². The molecule has 0 aliphatic carbocycles. The van der Waals surface area contributed by atoms with E-state index in [0.29, 0.717) is 22.9 Å². The van der Waals surface area contributed by atoms with Crippen LogP contribution in [0.3, 0.4) is 0 Å². The molecule has 2 heterocycles. The number of benzene rings is 1. The highest BCUT2D eigenvalue weighted by molar-refractivity contribution is 7.83. The van der Waals surface area contributed by atoms with Gasteiger partial charge >= 0.3 is 0 Å². The lowest BCUT2D eigenvalue weighted by Gasteiger charge is -2.29. The van der Waals surface area contributed by atoms with Crippen LogP contribution in [0, 0.1) is 13.8 Å². The van der Waals surface area contributed by atoms with Crippen LogP contribution in [-0.2, 0) is 24.0 Å². The fourth-order valence-electron chi connectivity index (χ4n) is 3.41. The Morgan fingerprint density at radius 3 is 2.56 bits per heavy atom. The molecule has 0 amide bonds. The van der Waals surface area contributed by atoms with Gasteiger partial charge in [0, 0.05) is 19.6 Å². The Labute approximate surface area is 162 Å². The van der Waals surface area contributed by atoms with Crippen LogP contribution >= 0.6 is 0 Å². The summed E-state index contributed by atoms with van der Waals surface area (Å²) in [6, 6.07) is 4.16. The van der Waals surface area contributed by atoms with E-state index >= 15 is 0 Å². The predicted molar refractivity (Wildman–Crippen MR) is 104 cm³/mol. The van der Waals surface area contributed by atoms with Crippen molar-refractivity contribution in [2.45, 2.75) is 38.1 Å². The number of hydrogen-bond donors (Lipinski definition) is 1. The predicted octanol–water partition coefficient (Wildman–Crippen LogP) is 2.37. The van der Waals surface area contributed by atoms with Crippen molar-refractivity contribution in [3.8, 4) is 11.5 Å². The van der Waals surface area contributed by atoms with E-state index in [9.17, 15) is 4.21 Å². The van der Waals surface area contributed by atoms with Crippen LogP contribution in [0.25, 0.3) is 0 Å². The molecule has 1 atom stereocenters. The number of aromatic nitrogens is 1. The number of aryl methyl sites for hydroxylation is 2. The highest BCUT2D eigenvalue weighted by Crippen LogP contribution is 2.33. The average molecular weight is 394 g/mol. The van der Waals surface area contributed by atoms with E-state index in [-0.39, 0.29) is 0 Å². The maximum absolute atomic E-state index is 12.4. The van der Waals surface area contributed by atoms with Gasteiger partial charge in [-0.2, -0.15) is 0 Å². The number of nitrogens with one attached hydrogen (secondary N) is 1.